The van der Waals surface area contributed by atoms with Gasteiger partial charge in [0.2, 0.25) is 0 Å². The highest BCUT2D eigenvalue weighted by Gasteiger charge is 2.25. The Bertz CT molecular complexity index is 145. The fourth-order valence-corrected chi connectivity index (χ4v) is 3.05. The van der Waals surface area contributed by atoms with Crippen LogP contribution in [0.4, 0.5) is 0 Å². The second-order valence-electron chi connectivity index (χ2n) is 5.13. The van der Waals surface area contributed by atoms with Crippen LogP contribution in [0.25, 0.3) is 0 Å². The van der Waals surface area contributed by atoms with E-state index in [-0.39, 0.29) is 0 Å². The Morgan fingerprint density at radius 3 is 2.13 bits per heavy atom. The van der Waals surface area contributed by atoms with Crippen molar-refractivity contribution in [2.24, 2.45) is 11.8 Å². The normalized spacial score (nSPS) is 20.0. The van der Waals surface area contributed by atoms with Crippen molar-refractivity contribution < 1.29 is 0 Å². The van der Waals surface area contributed by atoms with E-state index in [1.165, 1.54) is 44.9 Å². The second kappa shape index (κ2) is 7.27. The molecule has 0 heterocycles. The van der Waals surface area contributed by atoms with E-state index in [1.54, 1.807) is 0 Å². The number of hydrogen-bond acceptors (Lipinski definition) is 1. The van der Waals surface area contributed by atoms with Gasteiger partial charge in [-0.05, 0) is 37.6 Å². The first-order valence-corrected chi connectivity index (χ1v) is 7.05. The number of nitrogens with one attached hydrogen (secondary N) is 1. The molecule has 1 fully saturated rings. The van der Waals surface area contributed by atoms with Crippen LogP contribution in [0.5, 0.6) is 0 Å². The van der Waals surface area contributed by atoms with E-state index in [0.717, 1.165) is 24.4 Å². The third-order valence-electron chi connectivity index (χ3n) is 4.18. The highest BCUT2D eigenvalue weighted by atomic mass is 14.9. The molecular weight excluding hydrogens is 182 g/mol. The molecule has 90 valence electrons. The van der Waals surface area contributed by atoms with Crippen LogP contribution in [0, 0.1) is 11.8 Å². The lowest BCUT2D eigenvalue weighted by Gasteiger charge is -2.27. The van der Waals surface area contributed by atoms with Crippen molar-refractivity contribution in [2.45, 2.75) is 71.8 Å². The minimum atomic E-state index is 0.808. The van der Waals surface area contributed by atoms with E-state index in [2.05, 4.69) is 26.1 Å². The smallest absolute Gasteiger partial charge is 0.00978 e. The highest BCUT2D eigenvalue weighted by Crippen LogP contribution is 2.31. The van der Waals surface area contributed by atoms with Crippen molar-refractivity contribution in [1.82, 2.24) is 5.32 Å². The quantitative estimate of drug-likeness (QED) is 0.671. The summed E-state index contributed by atoms with van der Waals surface area (Å²) < 4.78 is 0. The molecule has 1 aliphatic carbocycles. The first-order chi connectivity index (χ1) is 7.31. The highest BCUT2D eigenvalue weighted by molar-refractivity contribution is 4.82. The van der Waals surface area contributed by atoms with Gasteiger partial charge in [-0.3, -0.25) is 0 Å². The molecule has 1 atom stereocenters. The summed E-state index contributed by atoms with van der Waals surface area (Å²) in [5.41, 5.74) is 0. The molecule has 0 bridgehead atoms. The third kappa shape index (κ3) is 4.14. The van der Waals surface area contributed by atoms with Crippen LogP contribution in [0.3, 0.4) is 0 Å². The maximum atomic E-state index is 3.72. The van der Waals surface area contributed by atoms with E-state index >= 15 is 0 Å². The first-order valence-electron chi connectivity index (χ1n) is 7.05. The Kier molecular flexibility index (Phi) is 6.31. The molecule has 0 radical (unpaired) electrons. The molecule has 0 aromatic carbocycles. The lowest BCUT2D eigenvalue weighted by Crippen LogP contribution is -2.36. The molecule has 0 aromatic heterocycles. The average molecular weight is 211 g/mol. The molecule has 1 rings (SSSR count). The predicted octanol–water partition coefficient (Wildman–Crippen LogP) is 3.98. The monoisotopic (exact) mass is 211 g/mol. The number of hydrogen-bond donors (Lipinski definition) is 1. The summed E-state index contributed by atoms with van der Waals surface area (Å²) in [6.45, 7) is 8.06. The van der Waals surface area contributed by atoms with Gasteiger partial charge in [-0.1, -0.05) is 46.5 Å². The molecule has 0 aromatic rings. The van der Waals surface area contributed by atoms with Gasteiger partial charge in [0.15, 0.2) is 0 Å². The van der Waals surface area contributed by atoms with Gasteiger partial charge in [-0.25, -0.2) is 0 Å². The second-order valence-corrected chi connectivity index (χ2v) is 5.13. The fourth-order valence-electron chi connectivity index (χ4n) is 3.05. The Labute approximate surface area is 96.0 Å². The minimum absolute atomic E-state index is 0.808. The lowest BCUT2D eigenvalue weighted by atomic mass is 9.87. The van der Waals surface area contributed by atoms with Crippen LogP contribution in [0.2, 0.25) is 0 Å². The summed E-state index contributed by atoms with van der Waals surface area (Å²) >= 11 is 0. The summed E-state index contributed by atoms with van der Waals surface area (Å²) in [5.74, 6) is 1.92. The summed E-state index contributed by atoms with van der Waals surface area (Å²) in [7, 11) is 0. The average Bonchev–Trinajstić information content (AvgIpc) is 2.77. The third-order valence-corrected chi connectivity index (χ3v) is 4.18. The van der Waals surface area contributed by atoms with Gasteiger partial charge in [0.1, 0.15) is 0 Å². The van der Waals surface area contributed by atoms with Crippen LogP contribution >= 0.6 is 0 Å². The van der Waals surface area contributed by atoms with Crippen molar-refractivity contribution in [3.8, 4) is 0 Å². The molecule has 1 saturated carbocycles. The van der Waals surface area contributed by atoms with Crippen LogP contribution < -0.4 is 5.32 Å². The van der Waals surface area contributed by atoms with Gasteiger partial charge in [0.05, 0.1) is 0 Å². The van der Waals surface area contributed by atoms with Gasteiger partial charge < -0.3 is 5.32 Å². The zero-order valence-electron chi connectivity index (χ0n) is 10.9. The van der Waals surface area contributed by atoms with E-state index in [1.807, 2.05) is 0 Å². The van der Waals surface area contributed by atoms with E-state index in [0.29, 0.717) is 0 Å². The minimum Gasteiger partial charge on any atom is -0.314 e. The predicted molar refractivity (Wildman–Crippen MR) is 68.1 cm³/mol. The fraction of sp³-hybridized carbons (Fsp3) is 1.00. The standard InChI is InChI=1S/C14H29N/c1-4-12(5-2)11-14(15-6-3)13-9-7-8-10-13/h12-15H,4-11H2,1-3H3. The topological polar surface area (TPSA) is 12.0 Å². The van der Waals surface area contributed by atoms with Crippen molar-refractivity contribution in [3.63, 3.8) is 0 Å². The van der Waals surface area contributed by atoms with E-state index in [9.17, 15) is 0 Å². The molecule has 1 nitrogen and oxygen atoms in total. The molecule has 0 amide bonds. The van der Waals surface area contributed by atoms with Crippen LogP contribution in [0.1, 0.15) is 65.7 Å². The summed E-state index contributed by atoms with van der Waals surface area (Å²) in [6.07, 6.45) is 9.99. The van der Waals surface area contributed by atoms with Crippen LogP contribution in [-0.2, 0) is 0 Å². The Morgan fingerprint density at radius 1 is 1.07 bits per heavy atom. The summed E-state index contributed by atoms with van der Waals surface area (Å²) in [6, 6.07) is 0.808. The number of rotatable bonds is 7. The zero-order valence-corrected chi connectivity index (χ0v) is 10.9. The van der Waals surface area contributed by atoms with Gasteiger partial charge >= 0.3 is 0 Å². The molecule has 0 spiro atoms. The van der Waals surface area contributed by atoms with Gasteiger partial charge in [0, 0.05) is 6.04 Å². The van der Waals surface area contributed by atoms with Crippen molar-refractivity contribution in [1.29, 1.82) is 0 Å². The van der Waals surface area contributed by atoms with Crippen LogP contribution in [0.15, 0.2) is 0 Å². The zero-order chi connectivity index (χ0) is 11.1. The van der Waals surface area contributed by atoms with Crippen molar-refractivity contribution in [3.05, 3.63) is 0 Å². The van der Waals surface area contributed by atoms with Gasteiger partial charge in [-0.2, -0.15) is 0 Å². The lowest BCUT2D eigenvalue weighted by molar-refractivity contribution is 0.288. The van der Waals surface area contributed by atoms with E-state index in [4.69, 9.17) is 0 Å². The summed E-state index contributed by atoms with van der Waals surface area (Å²) in [4.78, 5) is 0. The van der Waals surface area contributed by atoms with Crippen molar-refractivity contribution >= 4 is 0 Å². The van der Waals surface area contributed by atoms with Gasteiger partial charge in [0.25, 0.3) is 0 Å². The summed E-state index contributed by atoms with van der Waals surface area (Å²) in [5, 5.41) is 3.72. The SMILES string of the molecule is CCNC(CC(CC)CC)C1CCCC1. The van der Waals surface area contributed by atoms with Crippen LogP contribution in [-0.4, -0.2) is 12.6 Å². The van der Waals surface area contributed by atoms with Crippen molar-refractivity contribution in [2.75, 3.05) is 6.54 Å². The Hall–Kier alpha value is -0.0400. The maximum Gasteiger partial charge on any atom is 0.00978 e. The molecule has 1 unspecified atom stereocenters. The first kappa shape index (κ1) is 13.0. The Morgan fingerprint density at radius 2 is 1.67 bits per heavy atom. The Balaban J connectivity index is 2.40. The van der Waals surface area contributed by atoms with Gasteiger partial charge in [-0.15, -0.1) is 0 Å². The largest absolute Gasteiger partial charge is 0.314 e. The molecule has 0 saturated heterocycles. The molecule has 1 N–H and O–H groups in total. The molecule has 1 aliphatic rings. The van der Waals surface area contributed by atoms with E-state index < -0.39 is 0 Å². The molecule has 1 heteroatoms. The molecule has 0 aliphatic heterocycles. The molecular formula is C14H29N. The maximum absolute atomic E-state index is 3.72. The molecule has 15 heavy (non-hydrogen) atoms.